The van der Waals surface area contributed by atoms with Crippen molar-refractivity contribution in [2.45, 2.75) is 0 Å². The zero-order valence-corrected chi connectivity index (χ0v) is 5.49. The zero-order valence-electron chi connectivity index (χ0n) is 4.74. The normalized spacial score (nSPS) is 9.90. The van der Waals surface area contributed by atoms with Gasteiger partial charge in [-0.3, -0.25) is 0 Å². The van der Waals surface area contributed by atoms with Crippen LogP contribution in [0.1, 0.15) is 0 Å². The van der Waals surface area contributed by atoms with Gasteiger partial charge in [-0.2, -0.15) is 0 Å². The summed E-state index contributed by atoms with van der Waals surface area (Å²) in [6, 6.07) is 0. The van der Waals surface area contributed by atoms with Crippen LogP contribution >= 0.6 is 11.6 Å². The fourth-order valence-corrected chi connectivity index (χ4v) is 0.602. The fourth-order valence-electron chi connectivity index (χ4n) is 0.457. The minimum atomic E-state index is -1.01. The van der Waals surface area contributed by atoms with Crippen LogP contribution in [-0.2, 0) is 0 Å². The second kappa shape index (κ2) is 2.38. The number of rotatable bonds is 0. The number of nitrogen functional groups attached to an aromatic ring is 1. The molecule has 1 aromatic heterocycles. The summed E-state index contributed by atoms with van der Waals surface area (Å²) in [4.78, 5) is 3.18. The number of hydrogen-bond acceptors (Lipinski definition) is 2. The largest absolute Gasteiger partial charge is 0.381 e. The Labute approximate surface area is 60.6 Å². The summed E-state index contributed by atoms with van der Waals surface area (Å²) in [5, 5.41) is -0.618. The lowest BCUT2D eigenvalue weighted by atomic mass is 10.4. The number of pyridine rings is 1. The van der Waals surface area contributed by atoms with Crippen molar-refractivity contribution in [3.63, 3.8) is 0 Å². The zero-order chi connectivity index (χ0) is 7.72. The summed E-state index contributed by atoms with van der Waals surface area (Å²) in [5.74, 6) is -2.32. The minimum absolute atomic E-state index is 0.397. The van der Waals surface area contributed by atoms with E-state index in [1.807, 2.05) is 0 Å². The molecule has 1 rings (SSSR count). The molecule has 0 aromatic carbocycles. The lowest BCUT2D eigenvalue weighted by Crippen LogP contribution is -1.96. The highest BCUT2D eigenvalue weighted by Gasteiger charge is 2.09. The molecule has 54 valence electrons. The standard InChI is InChI=1S/C5H3ClF2N2/c6-3-2(7)1-10-5(9)4(3)8/h1H,(H2,9,10). The first kappa shape index (κ1) is 7.21. The lowest BCUT2D eigenvalue weighted by Gasteiger charge is -1.96. The Kier molecular flexibility index (Phi) is 1.72. The third-order valence-corrected chi connectivity index (χ3v) is 1.29. The Morgan fingerprint density at radius 2 is 2.10 bits per heavy atom. The summed E-state index contributed by atoms with van der Waals surface area (Å²) in [7, 11) is 0. The smallest absolute Gasteiger partial charge is 0.186 e. The molecular weight excluding hydrogens is 162 g/mol. The highest BCUT2D eigenvalue weighted by Crippen LogP contribution is 2.20. The Morgan fingerprint density at radius 1 is 1.50 bits per heavy atom. The Balaban J connectivity index is 3.34. The molecule has 0 radical (unpaired) electrons. The molecule has 1 heterocycles. The van der Waals surface area contributed by atoms with Gasteiger partial charge in [-0.1, -0.05) is 11.6 Å². The molecule has 0 fully saturated rings. The Bertz CT molecular complexity index is 237. The van der Waals surface area contributed by atoms with Crippen molar-refractivity contribution in [3.8, 4) is 0 Å². The highest BCUT2D eigenvalue weighted by atomic mass is 35.5. The number of aromatic nitrogens is 1. The quantitative estimate of drug-likeness (QED) is 0.633. The minimum Gasteiger partial charge on any atom is -0.381 e. The first-order valence-electron chi connectivity index (χ1n) is 2.38. The second-order valence-corrected chi connectivity index (χ2v) is 2.00. The first-order valence-corrected chi connectivity index (χ1v) is 2.75. The Hall–Kier alpha value is -0.900. The van der Waals surface area contributed by atoms with Gasteiger partial charge in [0.25, 0.3) is 0 Å². The van der Waals surface area contributed by atoms with Crippen LogP contribution in [0.3, 0.4) is 0 Å². The molecule has 5 heteroatoms. The van der Waals surface area contributed by atoms with Gasteiger partial charge in [0.15, 0.2) is 17.5 Å². The maximum absolute atomic E-state index is 12.4. The van der Waals surface area contributed by atoms with E-state index in [0.29, 0.717) is 0 Å². The summed E-state index contributed by atoms with van der Waals surface area (Å²) >= 11 is 5.11. The van der Waals surface area contributed by atoms with E-state index < -0.39 is 22.5 Å². The number of anilines is 1. The average Bonchev–Trinajstić information content (AvgIpc) is 1.93. The second-order valence-electron chi connectivity index (χ2n) is 1.62. The molecule has 0 saturated carbocycles. The van der Waals surface area contributed by atoms with Gasteiger partial charge < -0.3 is 5.73 Å². The van der Waals surface area contributed by atoms with Gasteiger partial charge in [-0.25, -0.2) is 13.8 Å². The van der Waals surface area contributed by atoms with E-state index in [4.69, 9.17) is 17.3 Å². The lowest BCUT2D eigenvalue weighted by molar-refractivity contribution is 0.578. The molecular formula is C5H3ClF2N2. The van der Waals surface area contributed by atoms with Crippen molar-refractivity contribution >= 4 is 17.4 Å². The van der Waals surface area contributed by atoms with Crippen LogP contribution in [0.2, 0.25) is 5.02 Å². The third-order valence-electron chi connectivity index (χ3n) is 0.944. The predicted molar refractivity (Wildman–Crippen MR) is 33.6 cm³/mol. The third kappa shape index (κ3) is 1.02. The van der Waals surface area contributed by atoms with E-state index in [0.717, 1.165) is 6.20 Å². The van der Waals surface area contributed by atoms with Gasteiger partial charge >= 0.3 is 0 Å². The monoisotopic (exact) mass is 164 g/mol. The maximum atomic E-state index is 12.4. The van der Waals surface area contributed by atoms with Crippen LogP contribution < -0.4 is 5.73 Å². The first-order chi connectivity index (χ1) is 4.63. The number of halogens is 3. The molecule has 0 amide bonds. The SMILES string of the molecule is Nc1ncc(F)c(Cl)c1F. The molecule has 0 atom stereocenters. The molecule has 0 unspecified atom stereocenters. The van der Waals surface area contributed by atoms with Crippen molar-refractivity contribution < 1.29 is 8.78 Å². The molecule has 10 heavy (non-hydrogen) atoms. The number of nitrogens with two attached hydrogens (primary N) is 1. The van der Waals surface area contributed by atoms with Crippen molar-refractivity contribution in [1.29, 1.82) is 0 Å². The molecule has 2 N–H and O–H groups in total. The van der Waals surface area contributed by atoms with Gasteiger partial charge in [0.05, 0.1) is 6.20 Å². The Morgan fingerprint density at radius 3 is 2.60 bits per heavy atom. The maximum Gasteiger partial charge on any atom is 0.186 e. The van der Waals surface area contributed by atoms with Crippen LogP contribution in [0.25, 0.3) is 0 Å². The van der Waals surface area contributed by atoms with E-state index in [1.54, 1.807) is 0 Å². The number of hydrogen-bond donors (Lipinski definition) is 1. The van der Waals surface area contributed by atoms with Crippen LogP contribution in [-0.4, -0.2) is 4.98 Å². The summed E-state index contributed by atoms with van der Waals surface area (Å²) in [6.45, 7) is 0. The molecule has 2 nitrogen and oxygen atoms in total. The average molecular weight is 165 g/mol. The van der Waals surface area contributed by atoms with E-state index in [-0.39, 0.29) is 0 Å². The van der Waals surface area contributed by atoms with E-state index in [9.17, 15) is 8.78 Å². The van der Waals surface area contributed by atoms with E-state index >= 15 is 0 Å². The van der Waals surface area contributed by atoms with Crippen molar-refractivity contribution in [2.75, 3.05) is 5.73 Å². The van der Waals surface area contributed by atoms with Crippen molar-refractivity contribution in [2.24, 2.45) is 0 Å². The molecule has 0 saturated heterocycles. The van der Waals surface area contributed by atoms with Crippen LogP contribution in [0, 0.1) is 11.6 Å². The van der Waals surface area contributed by atoms with Gasteiger partial charge in [-0.05, 0) is 0 Å². The molecule has 0 spiro atoms. The van der Waals surface area contributed by atoms with Crippen LogP contribution in [0.15, 0.2) is 6.20 Å². The van der Waals surface area contributed by atoms with Crippen molar-refractivity contribution in [1.82, 2.24) is 4.98 Å². The molecule has 0 aliphatic heterocycles. The van der Waals surface area contributed by atoms with E-state index in [2.05, 4.69) is 4.98 Å². The highest BCUT2D eigenvalue weighted by molar-refractivity contribution is 6.31. The summed E-state index contributed by atoms with van der Waals surface area (Å²) < 4.78 is 24.7. The van der Waals surface area contributed by atoms with Crippen LogP contribution in [0.4, 0.5) is 14.6 Å². The van der Waals surface area contributed by atoms with Gasteiger partial charge in [-0.15, -0.1) is 0 Å². The molecule has 1 aromatic rings. The van der Waals surface area contributed by atoms with E-state index in [1.165, 1.54) is 0 Å². The van der Waals surface area contributed by atoms with Gasteiger partial charge in [0.1, 0.15) is 5.02 Å². The topological polar surface area (TPSA) is 38.9 Å². The molecule has 0 bridgehead atoms. The van der Waals surface area contributed by atoms with Gasteiger partial charge in [0, 0.05) is 0 Å². The molecule has 0 aliphatic carbocycles. The fraction of sp³-hybridized carbons (Fsp3) is 0. The van der Waals surface area contributed by atoms with Crippen molar-refractivity contribution in [3.05, 3.63) is 22.9 Å². The van der Waals surface area contributed by atoms with Gasteiger partial charge in [0.2, 0.25) is 0 Å². The predicted octanol–water partition coefficient (Wildman–Crippen LogP) is 1.60. The summed E-state index contributed by atoms with van der Waals surface area (Å²) in [5.41, 5.74) is 4.95. The number of nitrogens with zero attached hydrogens (tertiary/aromatic N) is 1. The summed E-state index contributed by atoms with van der Waals surface area (Å²) in [6.07, 6.45) is 0.765. The molecule has 0 aliphatic rings. The van der Waals surface area contributed by atoms with Crippen LogP contribution in [0.5, 0.6) is 0 Å².